The fourth-order valence-corrected chi connectivity index (χ4v) is 2.61. The van der Waals surface area contributed by atoms with Crippen LogP contribution in [0.4, 0.5) is 18.9 Å². The highest BCUT2D eigenvalue weighted by Gasteiger charge is 2.32. The van der Waals surface area contributed by atoms with E-state index < -0.39 is 28.0 Å². The number of benzene rings is 2. The summed E-state index contributed by atoms with van der Waals surface area (Å²) in [6.45, 7) is 3.52. The van der Waals surface area contributed by atoms with Crippen molar-refractivity contribution in [3.63, 3.8) is 0 Å². The van der Waals surface area contributed by atoms with Gasteiger partial charge in [0.05, 0.1) is 16.9 Å². The highest BCUT2D eigenvalue weighted by molar-refractivity contribution is 5.79. The van der Waals surface area contributed by atoms with Crippen LogP contribution >= 0.6 is 0 Å². The average molecular weight is 380 g/mol. The molecule has 0 aliphatic heterocycles. The van der Waals surface area contributed by atoms with Gasteiger partial charge in [-0.1, -0.05) is 50.2 Å². The molecule has 0 bridgehead atoms. The number of rotatable bonds is 6. The van der Waals surface area contributed by atoms with Crippen LogP contribution in [0.3, 0.4) is 0 Å². The number of hydrogen-bond acceptors (Lipinski definition) is 3. The summed E-state index contributed by atoms with van der Waals surface area (Å²) in [6.07, 6.45) is -4.63. The molecule has 0 unspecified atom stereocenters. The predicted molar refractivity (Wildman–Crippen MR) is 94.3 cm³/mol. The minimum Gasteiger partial charge on any atom is -0.355 e. The molecule has 0 aliphatic carbocycles. The lowest BCUT2D eigenvalue weighted by molar-refractivity contribution is -0.385. The first-order valence-electron chi connectivity index (χ1n) is 8.17. The van der Waals surface area contributed by atoms with Gasteiger partial charge in [0.15, 0.2) is 0 Å². The van der Waals surface area contributed by atoms with Crippen LogP contribution in [-0.4, -0.2) is 17.4 Å². The standard InChI is InChI=1S/C19H19F3N2O3/c1-18(2,14-7-5-8-15(11-14)19(20,21)22)12-23-17(25)10-13-6-3-4-9-16(13)24(26)27/h3-9,11H,10,12H2,1-2H3,(H,23,25). The molecule has 0 aliphatic rings. The largest absolute Gasteiger partial charge is 0.416 e. The van der Waals surface area contributed by atoms with Crippen molar-refractivity contribution in [2.24, 2.45) is 0 Å². The molecule has 144 valence electrons. The number of carbonyl (C=O) groups is 1. The molecule has 2 rings (SSSR count). The molecule has 0 fully saturated rings. The third kappa shape index (κ3) is 5.29. The number of alkyl halides is 3. The first-order chi connectivity index (χ1) is 12.5. The molecule has 1 N–H and O–H groups in total. The SMILES string of the molecule is CC(C)(CNC(=O)Cc1ccccc1[N+](=O)[O-])c1cccc(C(F)(F)F)c1. The summed E-state index contributed by atoms with van der Waals surface area (Å²) in [5.74, 6) is -0.440. The van der Waals surface area contributed by atoms with Crippen LogP contribution in [-0.2, 0) is 22.8 Å². The number of halogens is 3. The van der Waals surface area contributed by atoms with Gasteiger partial charge in [0.1, 0.15) is 0 Å². The minimum absolute atomic E-state index is 0.0910. The lowest BCUT2D eigenvalue weighted by atomic mass is 9.83. The minimum atomic E-state index is -4.44. The number of nitro groups is 1. The van der Waals surface area contributed by atoms with Gasteiger partial charge in [-0.2, -0.15) is 13.2 Å². The van der Waals surface area contributed by atoms with Crippen LogP contribution in [0.2, 0.25) is 0 Å². The van der Waals surface area contributed by atoms with Crippen LogP contribution in [0, 0.1) is 10.1 Å². The Hall–Kier alpha value is -2.90. The van der Waals surface area contributed by atoms with E-state index in [4.69, 9.17) is 0 Å². The Morgan fingerprint density at radius 2 is 1.70 bits per heavy atom. The molecule has 0 saturated carbocycles. The van der Waals surface area contributed by atoms with Crippen LogP contribution in [0.15, 0.2) is 48.5 Å². The van der Waals surface area contributed by atoms with E-state index in [1.807, 2.05) is 0 Å². The highest BCUT2D eigenvalue weighted by atomic mass is 19.4. The van der Waals surface area contributed by atoms with Crippen molar-refractivity contribution in [3.05, 3.63) is 75.3 Å². The van der Waals surface area contributed by atoms with Crippen molar-refractivity contribution < 1.29 is 22.9 Å². The predicted octanol–water partition coefficient (Wildman–Crippen LogP) is 4.25. The van der Waals surface area contributed by atoms with E-state index in [0.29, 0.717) is 5.56 Å². The normalized spacial score (nSPS) is 11.9. The van der Waals surface area contributed by atoms with Gasteiger partial charge in [0.2, 0.25) is 5.91 Å². The number of carbonyl (C=O) groups excluding carboxylic acids is 1. The van der Waals surface area contributed by atoms with Gasteiger partial charge >= 0.3 is 6.18 Å². The number of amides is 1. The van der Waals surface area contributed by atoms with E-state index in [0.717, 1.165) is 12.1 Å². The monoisotopic (exact) mass is 380 g/mol. The highest BCUT2D eigenvalue weighted by Crippen LogP contribution is 2.32. The molecule has 5 nitrogen and oxygen atoms in total. The second-order valence-electron chi connectivity index (χ2n) is 6.80. The average Bonchev–Trinajstić information content (AvgIpc) is 2.60. The molecular weight excluding hydrogens is 361 g/mol. The second-order valence-corrected chi connectivity index (χ2v) is 6.80. The van der Waals surface area contributed by atoms with E-state index >= 15 is 0 Å². The molecule has 2 aromatic carbocycles. The Balaban J connectivity index is 2.07. The van der Waals surface area contributed by atoms with Crippen molar-refractivity contribution in [1.82, 2.24) is 5.32 Å². The molecule has 0 spiro atoms. The number of nitrogens with zero attached hydrogens (tertiary/aromatic N) is 1. The van der Waals surface area contributed by atoms with Gasteiger partial charge in [-0.25, -0.2) is 0 Å². The van der Waals surface area contributed by atoms with E-state index in [2.05, 4.69) is 5.32 Å². The maximum Gasteiger partial charge on any atom is 0.416 e. The zero-order chi connectivity index (χ0) is 20.2. The summed E-state index contributed by atoms with van der Waals surface area (Å²) in [4.78, 5) is 22.6. The second kappa shape index (κ2) is 7.77. The zero-order valence-corrected chi connectivity index (χ0v) is 14.8. The van der Waals surface area contributed by atoms with Crippen LogP contribution in [0.25, 0.3) is 0 Å². The van der Waals surface area contributed by atoms with Crippen LogP contribution < -0.4 is 5.32 Å². The lowest BCUT2D eigenvalue weighted by Crippen LogP contribution is -2.37. The summed E-state index contributed by atoms with van der Waals surface area (Å²) in [5, 5.41) is 13.7. The third-order valence-corrected chi connectivity index (χ3v) is 4.24. The van der Waals surface area contributed by atoms with Crippen LogP contribution in [0.5, 0.6) is 0 Å². The van der Waals surface area contributed by atoms with Crippen molar-refractivity contribution >= 4 is 11.6 Å². The molecule has 0 aromatic heterocycles. The Morgan fingerprint density at radius 1 is 1.07 bits per heavy atom. The maximum atomic E-state index is 12.9. The van der Waals surface area contributed by atoms with Crippen molar-refractivity contribution in [2.45, 2.75) is 31.9 Å². The van der Waals surface area contributed by atoms with E-state index in [-0.39, 0.29) is 24.2 Å². The molecular formula is C19H19F3N2O3. The van der Waals surface area contributed by atoms with Crippen molar-refractivity contribution in [1.29, 1.82) is 0 Å². The third-order valence-electron chi connectivity index (χ3n) is 4.24. The first kappa shape index (κ1) is 20.4. The molecule has 1 amide bonds. The smallest absolute Gasteiger partial charge is 0.355 e. The Labute approximate surface area is 154 Å². The van der Waals surface area contributed by atoms with Gasteiger partial charge in [-0.05, 0) is 11.6 Å². The van der Waals surface area contributed by atoms with E-state index in [1.54, 1.807) is 26.0 Å². The summed E-state index contributed by atoms with van der Waals surface area (Å²) in [5.41, 5.74) is -0.941. The van der Waals surface area contributed by atoms with Gasteiger partial charge in [0.25, 0.3) is 5.69 Å². The van der Waals surface area contributed by atoms with Gasteiger partial charge < -0.3 is 5.32 Å². The Morgan fingerprint density at radius 3 is 2.33 bits per heavy atom. The molecule has 0 radical (unpaired) electrons. The fraction of sp³-hybridized carbons (Fsp3) is 0.316. The molecule has 8 heteroatoms. The molecule has 2 aromatic rings. The quantitative estimate of drug-likeness (QED) is 0.602. The number of nitro benzene ring substituents is 1. The lowest BCUT2D eigenvalue weighted by Gasteiger charge is -2.26. The van der Waals surface area contributed by atoms with Crippen molar-refractivity contribution in [2.75, 3.05) is 6.54 Å². The summed E-state index contributed by atoms with van der Waals surface area (Å²) < 4.78 is 38.7. The number of nitrogens with one attached hydrogen (secondary N) is 1. The molecule has 27 heavy (non-hydrogen) atoms. The first-order valence-corrected chi connectivity index (χ1v) is 8.17. The van der Waals surface area contributed by atoms with Gasteiger partial charge in [-0.3, -0.25) is 14.9 Å². The zero-order valence-electron chi connectivity index (χ0n) is 14.8. The van der Waals surface area contributed by atoms with E-state index in [9.17, 15) is 28.1 Å². The topological polar surface area (TPSA) is 72.2 Å². The molecule has 0 saturated heterocycles. The van der Waals surface area contributed by atoms with Crippen LogP contribution in [0.1, 0.15) is 30.5 Å². The van der Waals surface area contributed by atoms with Crippen molar-refractivity contribution in [3.8, 4) is 0 Å². The number of hydrogen-bond donors (Lipinski definition) is 1. The maximum absolute atomic E-state index is 12.9. The fourth-order valence-electron chi connectivity index (χ4n) is 2.61. The Kier molecular flexibility index (Phi) is 5.88. The Bertz CT molecular complexity index is 848. The van der Waals surface area contributed by atoms with Gasteiger partial charge in [-0.15, -0.1) is 0 Å². The summed E-state index contributed by atoms with van der Waals surface area (Å²) in [6, 6.07) is 10.9. The number of para-hydroxylation sites is 1. The summed E-state index contributed by atoms with van der Waals surface area (Å²) >= 11 is 0. The van der Waals surface area contributed by atoms with Gasteiger partial charge in [0, 0.05) is 23.6 Å². The van der Waals surface area contributed by atoms with E-state index in [1.165, 1.54) is 24.3 Å². The summed E-state index contributed by atoms with van der Waals surface area (Å²) in [7, 11) is 0. The molecule has 0 atom stereocenters. The molecule has 0 heterocycles.